The first-order valence-electron chi connectivity index (χ1n) is 5.65. The Morgan fingerprint density at radius 2 is 1.81 bits per heavy atom. The molecular formula is C14H17NS. The lowest BCUT2D eigenvalue weighted by molar-refractivity contribution is 0.838. The van der Waals surface area contributed by atoms with E-state index in [1.54, 1.807) is 11.3 Å². The molecule has 0 aliphatic rings. The molecule has 0 saturated heterocycles. The summed E-state index contributed by atoms with van der Waals surface area (Å²) in [5, 5.41) is 0. The normalized spacial score (nSPS) is 12.7. The standard InChI is InChI=1S/C14H17NS/c1-3-11-4-6-12(7-5-11)14-9-8-13(16-14)10(2)15/h4-10H,3,15H2,1-2H3. The van der Waals surface area contributed by atoms with Gasteiger partial charge in [-0.25, -0.2) is 0 Å². The molecule has 0 radical (unpaired) electrons. The summed E-state index contributed by atoms with van der Waals surface area (Å²) in [5.74, 6) is 0. The Labute approximate surface area is 101 Å². The highest BCUT2D eigenvalue weighted by atomic mass is 32.1. The van der Waals surface area contributed by atoms with Crippen molar-refractivity contribution in [1.82, 2.24) is 0 Å². The van der Waals surface area contributed by atoms with Crippen LogP contribution in [0.15, 0.2) is 36.4 Å². The van der Waals surface area contributed by atoms with Gasteiger partial charge in [-0.15, -0.1) is 11.3 Å². The number of nitrogens with two attached hydrogens (primary N) is 1. The molecular weight excluding hydrogens is 214 g/mol. The van der Waals surface area contributed by atoms with Gasteiger partial charge in [0, 0.05) is 15.8 Å². The van der Waals surface area contributed by atoms with Crippen molar-refractivity contribution in [2.45, 2.75) is 26.3 Å². The topological polar surface area (TPSA) is 26.0 Å². The number of hydrogen-bond donors (Lipinski definition) is 1. The molecule has 0 bridgehead atoms. The lowest BCUT2D eigenvalue weighted by Gasteiger charge is -2.01. The molecule has 0 saturated carbocycles. The number of hydrogen-bond acceptors (Lipinski definition) is 2. The maximum absolute atomic E-state index is 5.86. The van der Waals surface area contributed by atoms with Crippen LogP contribution in [0.1, 0.15) is 30.3 Å². The van der Waals surface area contributed by atoms with E-state index >= 15 is 0 Å². The average molecular weight is 231 g/mol. The Kier molecular flexibility index (Phi) is 3.42. The predicted octanol–water partition coefficient (Wildman–Crippen LogP) is 4.00. The first kappa shape index (κ1) is 11.4. The van der Waals surface area contributed by atoms with Crippen molar-refractivity contribution in [2.75, 3.05) is 0 Å². The van der Waals surface area contributed by atoms with Crippen molar-refractivity contribution >= 4 is 11.3 Å². The van der Waals surface area contributed by atoms with E-state index in [1.807, 2.05) is 6.92 Å². The van der Waals surface area contributed by atoms with Crippen molar-refractivity contribution in [2.24, 2.45) is 5.73 Å². The van der Waals surface area contributed by atoms with Crippen LogP contribution >= 0.6 is 11.3 Å². The van der Waals surface area contributed by atoms with Gasteiger partial charge in [0.2, 0.25) is 0 Å². The molecule has 84 valence electrons. The molecule has 0 spiro atoms. The molecule has 2 N–H and O–H groups in total. The fourth-order valence-electron chi connectivity index (χ4n) is 1.66. The predicted molar refractivity (Wildman–Crippen MR) is 71.7 cm³/mol. The molecule has 2 aromatic rings. The van der Waals surface area contributed by atoms with Crippen molar-refractivity contribution in [3.05, 3.63) is 46.8 Å². The highest BCUT2D eigenvalue weighted by molar-refractivity contribution is 7.15. The zero-order chi connectivity index (χ0) is 11.5. The fourth-order valence-corrected chi connectivity index (χ4v) is 2.62. The molecule has 1 atom stereocenters. The van der Waals surface area contributed by atoms with Crippen LogP contribution in [0.5, 0.6) is 0 Å². The molecule has 1 unspecified atom stereocenters. The third-order valence-corrected chi connectivity index (χ3v) is 4.06. The first-order valence-corrected chi connectivity index (χ1v) is 6.47. The largest absolute Gasteiger partial charge is 0.324 e. The van der Waals surface area contributed by atoms with Crippen molar-refractivity contribution in [3.8, 4) is 10.4 Å². The van der Waals surface area contributed by atoms with Gasteiger partial charge >= 0.3 is 0 Å². The van der Waals surface area contributed by atoms with Crippen molar-refractivity contribution in [3.63, 3.8) is 0 Å². The van der Waals surface area contributed by atoms with Gasteiger partial charge in [-0.1, -0.05) is 31.2 Å². The van der Waals surface area contributed by atoms with Gasteiger partial charge in [-0.3, -0.25) is 0 Å². The maximum atomic E-state index is 5.86. The van der Waals surface area contributed by atoms with E-state index in [1.165, 1.54) is 20.9 Å². The summed E-state index contributed by atoms with van der Waals surface area (Å²) >= 11 is 1.78. The zero-order valence-electron chi connectivity index (χ0n) is 9.73. The molecule has 0 amide bonds. The van der Waals surface area contributed by atoms with Crippen LogP contribution in [0, 0.1) is 0 Å². The van der Waals surface area contributed by atoms with E-state index in [-0.39, 0.29) is 6.04 Å². The number of benzene rings is 1. The molecule has 1 heterocycles. The minimum Gasteiger partial charge on any atom is -0.324 e. The minimum absolute atomic E-state index is 0.133. The van der Waals surface area contributed by atoms with Gasteiger partial charge in [-0.05, 0) is 36.6 Å². The van der Waals surface area contributed by atoms with Gasteiger partial charge in [0.1, 0.15) is 0 Å². The first-order chi connectivity index (χ1) is 7.70. The van der Waals surface area contributed by atoms with Crippen LogP contribution in [0.3, 0.4) is 0 Å². The van der Waals surface area contributed by atoms with Crippen LogP contribution in [0.4, 0.5) is 0 Å². The molecule has 0 aliphatic carbocycles. The number of rotatable bonds is 3. The molecule has 0 fully saturated rings. The van der Waals surface area contributed by atoms with Crippen LogP contribution in [-0.4, -0.2) is 0 Å². The highest BCUT2D eigenvalue weighted by Gasteiger charge is 2.05. The number of aryl methyl sites for hydroxylation is 1. The van der Waals surface area contributed by atoms with E-state index in [0.717, 1.165) is 6.42 Å². The van der Waals surface area contributed by atoms with Gasteiger partial charge in [-0.2, -0.15) is 0 Å². The van der Waals surface area contributed by atoms with Gasteiger partial charge in [0.15, 0.2) is 0 Å². The Morgan fingerprint density at radius 1 is 1.12 bits per heavy atom. The van der Waals surface area contributed by atoms with Crippen LogP contribution < -0.4 is 5.73 Å². The summed E-state index contributed by atoms with van der Waals surface area (Å²) in [6.07, 6.45) is 1.09. The Balaban J connectivity index is 2.28. The summed E-state index contributed by atoms with van der Waals surface area (Å²) in [6, 6.07) is 13.2. The second kappa shape index (κ2) is 4.81. The maximum Gasteiger partial charge on any atom is 0.0361 e. The summed E-state index contributed by atoms with van der Waals surface area (Å²) in [5.41, 5.74) is 8.53. The van der Waals surface area contributed by atoms with Gasteiger partial charge in [0.05, 0.1) is 0 Å². The molecule has 2 rings (SSSR count). The Morgan fingerprint density at radius 3 is 2.31 bits per heavy atom. The third-order valence-electron chi connectivity index (χ3n) is 2.72. The fraction of sp³-hybridized carbons (Fsp3) is 0.286. The van der Waals surface area contributed by atoms with E-state index in [9.17, 15) is 0 Å². The molecule has 0 aliphatic heterocycles. The average Bonchev–Trinajstić information content (AvgIpc) is 2.78. The van der Waals surface area contributed by atoms with E-state index < -0.39 is 0 Å². The summed E-state index contributed by atoms with van der Waals surface area (Å²) in [7, 11) is 0. The summed E-state index contributed by atoms with van der Waals surface area (Å²) in [6.45, 7) is 4.20. The minimum atomic E-state index is 0.133. The summed E-state index contributed by atoms with van der Waals surface area (Å²) < 4.78 is 0. The van der Waals surface area contributed by atoms with Crippen molar-refractivity contribution in [1.29, 1.82) is 0 Å². The Hall–Kier alpha value is -1.12. The van der Waals surface area contributed by atoms with Gasteiger partial charge in [0.25, 0.3) is 0 Å². The molecule has 1 aromatic carbocycles. The lowest BCUT2D eigenvalue weighted by atomic mass is 10.1. The Bertz CT molecular complexity index is 454. The lowest BCUT2D eigenvalue weighted by Crippen LogP contribution is -2.01. The second-order valence-electron chi connectivity index (χ2n) is 4.04. The molecule has 1 aromatic heterocycles. The van der Waals surface area contributed by atoms with Crippen LogP contribution in [0.25, 0.3) is 10.4 Å². The molecule has 2 heteroatoms. The zero-order valence-corrected chi connectivity index (χ0v) is 10.6. The van der Waals surface area contributed by atoms with Crippen LogP contribution in [-0.2, 0) is 6.42 Å². The summed E-state index contributed by atoms with van der Waals surface area (Å²) in [4.78, 5) is 2.55. The van der Waals surface area contributed by atoms with Crippen LogP contribution in [0.2, 0.25) is 0 Å². The highest BCUT2D eigenvalue weighted by Crippen LogP contribution is 2.30. The van der Waals surface area contributed by atoms with Crippen molar-refractivity contribution < 1.29 is 0 Å². The second-order valence-corrected chi connectivity index (χ2v) is 5.16. The van der Waals surface area contributed by atoms with E-state index in [2.05, 4.69) is 43.3 Å². The van der Waals surface area contributed by atoms with E-state index in [4.69, 9.17) is 5.73 Å². The third kappa shape index (κ3) is 2.34. The number of thiophene rings is 1. The van der Waals surface area contributed by atoms with Gasteiger partial charge < -0.3 is 5.73 Å². The quantitative estimate of drug-likeness (QED) is 0.849. The monoisotopic (exact) mass is 231 g/mol. The van der Waals surface area contributed by atoms with E-state index in [0.29, 0.717) is 0 Å². The molecule has 1 nitrogen and oxygen atoms in total. The molecule has 16 heavy (non-hydrogen) atoms. The SMILES string of the molecule is CCc1ccc(-c2ccc(C(C)N)s2)cc1. The smallest absolute Gasteiger partial charge is 0.0361 e.